The second-order valence-electron chi connectivity index (χ2n) is 6.14. The maximum absolute atomic E-state index is 13.9. The SMILES string of the molecule is C[C@@H]1CCCC[C@@]12NC(=O)N(Cc1c(F)cccc1Cl)C2=O. The van der Waals surface area contributed by atoms with Crippen molar-refractivity contribution in [3.05, 3.63) is 34.6 Å². The van der Waals surface area contributed by atoms with Crippen molar-refractivity contribution in [2.75, 3.05) is 0 Å². The van der Waals surface area contributed by atoms with Crippen LogP contribution in [0.4, 0.5) is 9.18 Å². The highest BCUT2D eigenvalue weighted by Crippen LogP contribution is 2.39. The summed E-state index contributed by atoms with van der Waals surface area (Å²) < 4.78 is 13.9. The number of rotatable bonds is 2. The molecule has 1 heterocycles. The van der Waals surface area contributed by atoms with Crippen LogP contribution in [0.25, 0.3) is 0 Å². The molecule has 2 fully saturated rings. The number of nitrogens with zero attached hydrogens (tertiary/aromatic N) is 1. The van der Waals surface area contributed by atoms with Crippen LogP contribution in [0.1, 0.15) is 38.2 Å². The predicted molar refractivity (Wildman–Crippen MR) is 80.9 cm³/mol. The number of carbonyl (C=O) groups excluding carboxylic acids is 2. The van der Waals surface area contributed by atoms with Gasteiger partial charge in [0.05, 0.1) is 6.54 Å². The molecule has 1 aromatic carbocycles. The first-order valence-corrected chi connectivity index (χ1v) is 7.90. The molecule has 4 nitrogen and oxygen atoms in total. The van der Waals surface area contributed by atoms with E-state index in [4.69, 9.17) is 11.6 Å². The van der Waals surface area contributed by atoms with Gasteiger partial charge in [0, 0.05) is 10.6 Å². The normalized spacial score (nSPS) is 28.3. The van der Waals surface area contributed by atoms with Crippen LogP contribution in [-0.4, -0.2) is 22.4 Å². The van der Waals surface area contributed by atoms with Crippen LogP contribution in [0.15, 0.2) is 18.2 Å². The van der Waals surface area contributed by atoms with Gasteiger partial charge in [-0.05, 0) is 30.9 Å². The topological polar surface area (TPSA) is 49.4 Å². The van der Waals surface area contributed by atoms with Gasteiger partial charge >= 0.3 is 6.03 Å². The van der Waals surface area contributed by atoms with Gasteiger partial charge in [0.1, 0.15) is 11.4 Å². The number of imide groups is 1. The summed E-state index contributed by atoms with van der Waals surface area (Å²) in [7, 11) is 0. The first kappa shape index (κ1) is 15.3. The summed E-state index contributed by atoms with van der Waals surface area (Å²) in [6, 6.07) is 3.87. The number of hydrogen-bond acceptors (Lipinski definition) is 2. The van der Waals surface area contributed by atoms with Crippen molar-refractivity contribution in [3.8, 4) is 0 Å². The Balaban J connectivity index is 1.89. The maximum Gasteiger partial charge on any atom is 0.325 e. The van der Waals surface area contributed by atoms with Crippen LogP contribution < -0.4 is 5.32 Å². The van der Waals surface area contributed by atoms with E-state index in [-0.39, 0.29) is 29.0 Å². The van der Waals surface area contributed by atoms with E-state index in [0.717, 1.165) is 24.2 Å². The van der Waals surface area contributed by atoms with Gasteiger partial charge in [0.15, 0.2) is 0 Å². The molecule has 0 aromatic heterocycles. The minimum absolute atomic E-state index is 0.0822. The molecule has 1 saturated carbocycles. The second kappa shape index (κ2) is 5.54. The number of nitrogens with one attached hydrogen (secondary N) is 1. The second-order valence-corrected chi connectivity index (χ2v) is 6.55. The molecule has 6 heteroatoms. The zero-order valence-electron chi connectivity index (χ0n) is 12.4. The van der Waals surface area contributed by atoms with Crippen molar-refractivity contribution in [3.63, 3.8) is 0 Å². The predicted octanol–water partition coefficient (Wildman–Crippen LogP) is 3.48. The van der Waals surface area contributed by atoms with Crippen LogP contribution in [0, 0.1) is 11.7 Å². The third-order valence-corrected chi connectivity index (χ3v) is 5.23. The van der Waals surface area contributed by atoms with Crippen molar-refractivity contribution in [1.29, 1.82) is 0 Å². The van der Waals surface area contributed by atoms with Gasteiger partial charge in [-0.1, -0.05) is 37.4 Å². The van der Waals surface area contributed by atoms with E-state index >= 15 is 0 Å². The molecule has 1 aliphatic carbocycles. The van der Waals surface area contributed by atoms with Gasteiger partial charge in [-0.3, -0.25) is 9.69 Å². The highest BCUT2D eigenvalue weighted by atomic mass is 35.5. The fourth-order valence-electron chi connectivity index (χ4n) is 3.48. The van der Waals surface area contributed by atoms with Gasteiger partial charge in [-0.15, -0.1) is 0 Å². The largest absolute Gasteiger partial charge is 0.325 e. The number of halogens is 2. The molecule has 118 valence electrons. The third-order valence-electron chi connectivity index (χ3n) is 4.88. The summed E-state index contributed by atoms with van der Waals surface area (Å²) in [6.45, 7) is 1.85. The molecule has 3 amide bonds. The van der Waals surface area contributed by atoms with E-state index in [1.807, 2.05) is 6.92 Å². The quantitative estimate of drug-likeness (QED) is 0.847. The summed E-state index contributed by atoms with van der Waals surface area (Å²) in [6.07, 6.45) is 3.51. The van der Waals surface area contributed by atoms with Gasteiger partial charge in [0.2, 0.25) is 0 Å². The highest BCUT2D eigenvalue weighted by molar-refractivity contribution is 6.31. The minimum Gasteiger partial charge on any atom is -0.323 e. The van der Waals surface area contributed by atoms with E-state index in [1.165, 1.54) is 12.1 Å². The molecule has 2 aliphatic rings. The van der Waals surface area contributed by atoms with E-state index < -0.39 is 17.4 Å². The van der Waals surface area contributed by atoms with E-state index in [0.29, 0.717) is 6.42 Å². The summed E-state index contributed by atoms with van der Waals surface area (Å²) in [4.78, 5) is 26.2. The lowest BCUT2D eigenvalue weighted by Crippen LogP contribution is -2.53. The summed E-state index contributed by atoms with van der Waals surface area (Å²) >= 11 is 6.00. The molecule has 3 rings (SSSR count). The van der Waals surface area contributed by atoms with Gasteiger partial charge in [-0.25, -0.2) is 9.18 Å². The van der Waals surface area contributed by atoms with Crippen LogP contribution in [-0.2, 0) is 11.3 Å². The van der Waals surface area contributed by atoms with Gasteiger partial charge in [0.25, 0.3) is 5.91 Å². The number of amides is 3. The summed E-state index contributed by atoms with van der Waals surface area (Å²) in [5.74, 6) is -0.687. The van der Waals surface area contributed by atoms with Crippen LogP contribution in [0.2, 0.25) is 5.02 Å². The van der Waals surface area contributed by atoms with Crippen molar-refractivity contribution < 1.29 is 14.0 Å². The monoisotopic (exact) mass is 324 g/mol. The highest BCUT2D eigenvalue weighted by Gasteiger charge is 2.54. The summed E-state index contributed by atoms with van der Waals surface area (Å²) in [5.41, 5.74) is -0.652. The van der Waals surface area contributed by atoms with Crippen LogP contribution in [0.3, 0.4) is 0 Å². The lowest BCUT2D eigenvalue weighted by molar-refractivity contribution is -0.134. The van der Waals surface area contributed by atoms with Crippen LogP contribution >= 0.6 is 11.6 Å². The molecular weight excluding hydrogens is 307 g/mol. The summed E-state index contributed by atoms with van der Waals surface area (Å²) in [5, 5.41) is 3.07. The molecule has 0 bridgehead atoms. The van der Waals surface area contributed by atoms with E-state index in [2.05, 4.69) is 5.32 Å². The molecular formula is C16H18ClFN2O2. The molecule has 0 unspecified atom stereocenters. The Morgan fingerprint density at radius 3 is 2.86 bits per heavy atom. The molecule has 1 N–H and O–H groups in total. The van der Waals surface area contributed by atoms with E-state index in [9.17, 15) is 14.0 Å². The fraction of sp³-hybridized carbons (Fsp3) is 0.500. The Labute approximate surface area is 133 Å². The van der Waals surface area contributed by atoms with Crippen molar-refractivity contribution in [2.45, 2.75) is 44.7 Å². The molecule has 0 radical (unpaired) electrons. The molecule has 22 heavy (non-hydrogen) atoms. The zero-order chi connectivity index (χ0) is 15.9. The average Bonchev–Trinajstić information content (AvgIpc) is 2.71. The maximum atomic E-state index is 13.9. The molecule has 1 aliphatic heterocycles. The molecule has 2 atom stereocenters. The first-order valence-electron chi connectivity index (χ1n) is 7.53. The van der Waals surface area contributed by atoms with Crippen molar-refractivity contribution in [1.82, 2.24) is 10.2 Å². The molecule has 1 saturated heterocycles. The number of benzene rings is 1. The van der Waals surface area contributed by atoms with Crippen LogP contribution in [0.5, 0.6) is 0 Å². The number of hydrogen-bond donors (Lipinski definition) is 1. The van der Waals surface area contributed by atoms with E-state index in [1.54, 1.807) is 6.07 Å². The van der Waals surface area contributed by atoms with Crippen molar-refractivity contribution >= 4 is 23.5 Å². The first-order chi connectivity index (χ1) is 10.5. The Morgan fingerprint density at radius 1 is 1.41 bits per heavy atom. The molecule has 1 aromatic rings. The Bertz CT molecular complexity index is 616. The smallest absolute Gasteiger partial charge is 0.323 e. The standard InChI is InChI=1S/C16H18ClFN2O2/c1-10-5-2-3-8-16(10)14(21)20(15(22)19-16)9-11-12(17)6-4-7-13(11)18/h4,6-7,10H,2-3,5,8-9H2,1H3,(H,19,22)/t10-,16-/m1/s1. The van der Waals surface area contributed by atoms with Gasteiger partial charge in [-0.2, -0.15) is 0 Å². The Hall–Kier alpha value is -1.62. The average molecular weight is 325 g/mol. The Kier molecular flexibility index (Phi) is 3.85. The van der Waals surface area contributed by atoms with Gasteiger partial charge < -0.3 is 5.32 Å². The third kappa shape index (κ3) is 2.28. The Morgan fingerprint density at radius 2 is 2.18 bits per heavy atom. The zero-order valence-corrected chi connectivity index (χ0v) is 13.1. The van der Waals surface area contributed by atoms with Crippen molar-refractivity contribution in [2.24, 2.45) is 5.92 Å². The number of carbonyl (C=O) groups is 2. The lowest BCUT2D eigenvalue weighted by Gasteiger charge is -2.36. The molecule has 1 spiro atoms. The number of urea groups is 1. The fourth-order valence-corrected chi connectivity index (χ4v) is 3.70. The lowest BCUT2D eigenvalue weighted by atomic mass is 9.73. The minimum atomic E-state index is -0.826.